The Kier molecular flexibility index (Phi) is 9.51. The standard InChI is InChI=1S/C16H28O3S/c1-14(2)8-6-9-15(3)10-7-11-16(4)12-13-19-20(5,17)18/h8,10,12H,6-7,9,11,13H2,1-5H3/b15-10+,16-12-. The average molecular weight is 300 g/mol. The fourth-order valence-electron chi connectivity index (χ4n) is 1.64. The number of hydrogen-bond donors (Lipinski definition) is 0. The molecule has 0 aliphatic carbocycles. The topological polar surface area (TPSA) is 43.4 Å². The highest BCUT2D eigenvalue weighted by molar-refractivity contribution is 7.85. The van der Waals surface area contributed by atoms with E-state index in [1.807, 2.05) is 13.0 Å². The lowest BCUT2D eigenvalue weighted by molar-refractivity contribution is 0.360. The Hall–Kier alpha value is -0.870. The molecule has 116 valence electrons. The summed E-state index contributed by atoms with van der Waals surface area (Å²) in [5.74, 6) is 0. The van der Waals surface area contributed by atoms with Gasteiger partial charge in [0.15, 0.2) is 0 Å². The molecule has 0 fully saturated rings. The van der Waals surface area contributed by atoms with Gasteiger partial charge in [0, 0.05) is 0 Å². The second-order valence-electron chi connectivity index (χ2n) is 5.45. The maximum Gasteiger partial charge on any atom is 0.264 e. The zero-order chi connectivity index (χ0) is 15.6. The Morgan fingerprint density at radius 1 is 0.900 bits per heavy atom. The van der Waals surface area contributed by atoms with Gasteiger partial charge < -0.3 is 0 Å². The summed E-state index contributed by atoms with van der Waals surface area (Å²) in [5.41, 5.74) is 3.92. The van der Waals surface area contributed by atoms with Crippen molar-refractivity contribution in [3.05, 3.63) is 34.9 Å². The third kappa shape index (κ3) is 13.6. The van der Waals surface area contributed by atoms with Crippen molar-refractivity contribution in [2.24, 2.45) is 0 Å². The summed E-state index contributed by atoms with van der Waals surface area (Å²) in [6.07, 6.45) is 11.5. The van der Waals surface area contributed by atoms with Gasteiger partial charge in [-0.2, -0.15) is 8.42 Å². The average Bonchev–Trinajstić information content (AvgIpc) is 2.26. The van der Waals surface area contributed by atoms with Crippen LogP contribution in [0.3, 0.4) is 0 Å². The molecular weight excluding hydrogens is 272 g/mol. The first-order valence-electron chi connectivity index (χ1n) is 6.99. The van der Waals surface area contributed by atoms with E-state index in [-0.39, 0.29) is 6.61 Å². The van der Waals surface area contributed by atoms with Crippen LogP contribution in [-0.4, -0.2) is 21.3 Å². The predicted octanol–water partition coefficient (Wildman–Crippen LogP) is 4.38. The van der Waals surface area contributed by atoms with E-state index in [0.717, 1.165) is 37.5 Å². The summed E-state index contributed by atoms with van der Waals surface area (Å²) in [5, 5.41) is 0. The molecule has 0 saturated carbocycles. The van der Waals surface area contributed by atoms with Gasteiger partial charge in [-0.1, -0.05) is 34.9 Å². The molecule has 0 unspecified atom stereocenters. The van der Waals surface area contributed by atoms with Crippen molar-refractivity contribution in [3.8, 4) is 0 Å². The fourth-order valence-corrected chi connectivity index (χ4v) is 1.95. The highest BCUT2D eigenvalue weighted by atomic mass is 32.2. The highest BCUT2D eigenvalue weighted by Crippen LogP contribution is 2.11. The largest absolute Gasteiger partial charge is 0.266 e. The molecule has 0 radical (unpaired) electrons. The number of allylic oxidation sites excluding steroid dienone is 5. The number of rotatable bonds is 9. The van der Waals surface area contributed by atoms with Gasteiger partial charge in [0.2, 0.25) is 0 Å². The van der Waals surface area contributed by atoms with Gasteiger partial charge in [0.05, 0.1) is 12.9 Å². The molecule has 0 atom stereocenters. The quantitative estimate of drug-likeness (QED) is 0.469. The van der Waals surface area contributed by atoms with Crippen LogP contribution in [0.5, 0.6) is 0 Å². The van der Waals surface area contributed by atoms with Crippen LogP contribution in [0.25, 0.3) is 0 Å². The van der Waals surface area contributed by atoms with Gasteiger partial charge in [-0.3, -0.25) is 4.18 Å². The second kappa shape index (κ2) is 9.94. The molecule has 20 heavy (non-hydrogen) atoms. The monoisotopic (exact) mass is 300 g/mol. The van der Waals surface area contributed by atoms with Crippen LogP contribution in [0.2, 0.25) is 0 Å². The minimum absolute atomic E-state index is 0.133. The first-order valence-corrected chi connectivity index (χ1v) is 8.81. The molecule has 3 nitrogen and oxygen atoms in total. The van der Waals surface area contributed by atoms with E-state index in [4.69, 9.17) is 0 Å². The van der Waals surface area contributed by atoms with Gasteiger partial charge >= 0.3 is 0 Å². The molecular formula is C16H28O3S. The van der Waals surface area contributed by atoms with E-state index >= 15 is 0 Å². The van der Waals surface area contributed by atoms with Crippen LogP contribution in [-0.2, 0) is 14.3 Å². The lowest BCUT2D eigenvalue weighted by Gasteiger charge is -2.02. The summed E-state index contributed by atoms with van der Waals surface area (Å²) >= 11 is 0. The molecule has 4 heteroatoms. The van der Waals surface area contributed by atoms with Crippen molar-refractivity contribution in [1.29, 1.82) is 0 Å². The third-order valence-corrected chi connectivity index (χ3v) is 3.40. The van der Waals surface area contributed by atoms with Crippen LogP contribution in [0, 0.1) is 0 Å². The highest BCUT2D eigenvalue weighted by Gasteiger charge is 1.98. The summed E-state index contributed by atoms with van der Waals surface area (Å²) < 4.78 is 26.3. The Bertz CT molecular complexity index is 464. The Morgan fingerprint density at radius 3 is 1.90 bits per heavy atom. The summed E-state index contributed by atoms with van der Waals surface area (Å²) in [6, 6.07) is 0. The van der Waals surface area contributed by atoms with Crippen LogP contribution in [0.4, 0.5) is 0 Å². The Balaban J connectivity index is 3.97. The smallest absolute Gasteiger partial charge is 0.264 e. The van der Waals surface area contributed by atoms with E-state index in [1.165, 1.54) is 11.1 Å². The first-order chi connectivity index (χ1) is 9.20. The van der Waals surface area contributed by atoms with E-state index in [0.29, 0.717) is 0 Å². The molecule has 0 N–H and O–H groups in total. The van der Waals surface area contributed by atoms with E-state index in [9.17, 15) is 8.42 Å². The molecule has 0 amide bonds. The zero-order valence-corrected chi connectivity index (χ0v) is 14.2. The molecule has 0 aromatic carbocycles. The molecule has 0 spiro atoms. The normalized spacial score (nSPS) is 13.4. The van der Waals surface area contributed by atoms with E-state index in [2.05, 4.69) is 37.1 Å². The van der Waals surface area contributed by atoms with Gasteiger partial charge in [-0.05, 0) is 53.4 Å². The van der Waals surface area contributed by atoms with Crippen molar-refractivity contribution in [1.82, 2.24) is 0 Å². The molecule has 0 aromatic heterocycles. The van der Waals surface area contributed by atoms with E-state index in [1.54, 1.807) is 0 Å². The van der Waals surface area contributed by atoms with Crippen molar-refractivity contribution >= 4 is 10.1 Å². The lowest BCUT2D eigenvalue weighted by Crippen LogP contribution is -2.02. The van der Waals surface area contributed by atoms with Crippen LogP contribution < -0.4 is 0 Å². The van der Waals surface area contributed by atoms with Crippen LogP contribution in [0.1, 0.15) is 53.4 Å². The molecule has 0 aliphatic rings. The molecule has 0 bridgehead atoms. The van der Waals surface area contributed by atoms with Gasteiger partial charge in [0.25, 0.3) is 10.1 Å². The Labute approximate surface area is 124 Å². The fraction of sp³-hybridized carbons (Fsp3) is 0.625. The molecule has 0 heterocycles. The minimum atomic E-state index is -3.33. The van der Waals surface area contributed by atoms with Crippen molar-refractivity contribution in [2.75, 3.05) is 12.9 Å². The molecule has 0 aromatic rings. The zero-order valence-electron chi connectivity index (χ0n) is 13.4. The van der Waals surface area contributed by atoms with Gasteiger partial charge in [-0.25, -0.2) is 0 Å². The SMILES string of the molecule is CC(C)=CCC/C(C)=C/CC/C(C)=C\COS(C)(=O)=O. The van der Waals surface area contributed by atoms with Crippen molar-refractivity contribution < 1.29 is 12.6 Å². The van der Waals surface area contributed by atoms with E-state index < -0.39 is 10.1 Å². The van der Waals surface area contributed by atoms with Gasteiger partial charge in [-0.15, -0.1) is 0 Å². The maximum absolute atomic E-state index is 10.8. The van der Waals surface area contributed by atoms with Gasteiger partial charge in [0.1, 0.15) is 0 Å². The summed E-state index contributed by atoms with van der Waals surface area (Å²) in [6.45, 7) is 8.52. The lowest BCUT2D eigenvalue weighted by atomic mass is 10.1. The first kappa shape index (κ1) is 19.1. The summed E-state index contributed by atoms with van der Waals surface area (Å²) in [4.78, 5) is 0. The van der Waals surface area contributed by atoms with Crippen molar-refractivity contribution in [3.63, 3.8) is 0 Å². The number of hydrogen-bond acceptors (Lipinski definition) is 3. The van der Waals surface area contributed by atoms with Crippen LogP contribution in [0.15, 0.2) is 34.9 Å². The van der Waals surface area contributed by atoms with Crippen LogP contribution >= 0.6 is 0 Å². The Morgan fingerprint density at radius 2 is 1.40 bits per heavy atom. The van der Waals surface area contributed by atoms with Crippen molar-refractivity contribution in [2.45, 2.75) is 53.4 Å². The molecule has 0 saturated heterocycles. The third-order valence-electron chi connectivity index (χ3n) is 2.84. The predicted molar refractivity (Wildman–Crippen MR) is 86.2 cm³/mol. The summed E-state index contributed by atoms with van der Waals surface area (Å²) in [7, 11) is -3.33. The maximum atomic E-state index is 10.8. The molecule has 0 rings (SSSR count). The molecule has 0 aliphatic heterocycles. The second-order valence-corrected chi connectivity index (χ2v) is 7.09. The minimum Gasteiger partial charge on any atom is -0.266 e.